The SMILES string of the molecule is CCOC(=O)c1ccc(OCc2noc3cc(OC(=O)c4ccccc4)ccc23)cc1. The summed E-state index contributed by atoms with van der Waals surface area (Å²) in [5, 5.41) is 4.80. The molecule has 7 heteroatoms. The molecule has 0 saturated carbocycles. The van der Waals surface area contributed by atoms with Crippen LogP contribution in [0.2, 0.25) is 0 Å². The van der Waals surface area contributed by atoms with E-state index in [1.165, 1.54) is 0 Å². The minimum absolute atomic E-state index is 0.175. The predicted molar refractivity (Wildman–Crippen MR) is 112 cm³/mol. The van der Waals surface area contributed by atoms with Crippen molar-refractivity contribution in [2.45, 2.75) is 13.5 Å². The zero-order valence-electron chi connectivity index (χ0n) is 16.7. The van der Waals surface area contributed by atoms with Gasteiger partial charge in [-0.25, -0.2) is 9.59 Å². The van der Waals surface area contributed by atoms with Crippen LogP contribution >= 0.6 is 0 Å². The Morgan fingerprint density at radius 2 is 1.58 bits per heavy atom. The molecule has 0 radical (unpaired) electrons. The average Bonchev–Trinajstić information content (AvgIpc) is 3.21. The summed E-state index contributed by atoms with van der Waals surface area (Å²) in [6.45, 7) is 2.26. The smallest absolute Gasteiger partial charge is 0.343 e. The molecular formula is C24H19NO6. The van der Waals surface area contributed by atoms with Crippen LogP contribution < -0.4 is 9.47 Å². The first-order valence-corrected chi connectivity index (χ1v) is 9.69. The van der Waals surface area contributed by atoms with Crippen molar-refractivity contribution >= 4 is 22.9 Å². The Morgan fingerprint density at radius 1 is 0.871 bits per heavy atom. The molecule has 31 heavy (non-hydrogen) atoms. The summed E-state index contributed by atoms with van der Waals surface area (Å²) >= 11 is 0. The molecule has 0 spiro atoms. The summed E-state index contributed by atoms with van der Waals surface area (Å²) < 4.78 is 21.5. The van der Waals surface area contributed by atoms with Crippen LogP contribution in [0, 0.1) is 0 Å². The van der Waals surface area contributed by atoms with Crippen molar-refractivity contribution in [3.05, 3.63) is 89.6 Å². The lowest BCUT2D eigenvalue weighted by atomic mass is 10.2. The molecule has 0 unspecified atom stereocenters. The highest BCUT2D eigenvalue weighted by Gasteiger charge is 2.13. The fourth-order valence-corrected chi connectivity index (χ4v) is 2.93. The van der Waals surface area contributed by atoms with E-state index in [2.05, 4.69) is 5.16 Å². The second-order valence-electron chi connectivity index (χ2n) is 6.58. The van der Waals surface area contributed by atoms with Gasteiger partial charge in [0, 0.05) is 11.5 Å². The van der Waals surface area contributed by atoms with Crippen molar-refractivity contribution < 1.29 is 28.3 Å². The van der Waals surface area contributed by atoms with Crippen LogP contribution in [0.1, 0.15) is 33.3 Å². The van der Waals surface area contributed by atoms with Crippen LogP contribution in [0.5, 0.6) is 11.5 Å². The van der Waals surface area contributed by atoms with Crippen molar-refractivity contribution in [2.24, 2.45) is 0 Å². The Balaban J connectivity index is 1.41. The van der Waals surface area contributed by atoms with E-state index in [4.69, 9.17) is 18.7 Å². The number of rotatable bonds is 7. The van der Waals surface area contributed by atoms with Gasteiger partial charge in [-0.3, -0.25) is 0 Å². The molecule has 0 amide bonds. The maximum atomic E-state index is 12.2. The quantitative estimate of drug-likeness (QED) is 0.315. The third-order valence-corrected chi connectivity index (χ3v) is 4.48. The number of aromatic nitrogens is 1. The third-order valence-electron chi connectivity index (χ3n) is 4.48. The maximum Gasteiger partial charge on any atom is 0.343 e. The molecule has 7 nitrogen and oxygen atoms in total. The fourth-order valence-electron chi connectivity index (χ4n) is 2.93. The highest BCUT2D eigenvalue weighted by molar-refractivity contribution is 5.91. The monoisotopic (exact) mass is 417 g/mol. The highest BCUT2D eigenvalue weighted by atomic mass is 16.5. The Labute approximate surface area is 178 Å². The molecule has 4 aromatic rings. The van der Waals surface area contributed by atoms with Crippen LogP contribution in [0.25, 0.3) is 11.0 Å². The van der Waals surface area contributed by atoms with E-state index in [1.54, 1.807) is 73.7 Å². The minimum Gasteiger partial charge on any atom is -0.487 e. The van der Waals surface area contributed by atoms with E-state index in [1.807, 2.05) is 6.07 Å². The van der Waals surface area contributed by atoms with Gasteiger partial charge in [0.25, 0.3) is 0 Å². The lowest BCUT2D eigenvalue weighted by molar-refractivity contribution is 0.0526. The van der Waals surface area contributed by atoms with Gasteiger partial charge in [-0.05, 0) is 55.5 Å². The number of hydrogen-bond acceptors (Lipinski definition) is 7. The summed E-state index contributed by atoms with van der Waals surface area (Å²) in [5.41, 5.74) is 2.00. The van der Waals surface area contributed by atoms with Gasteiger partial charge in [0.05, 0.1) is 17.7 Å². The first-order chi connectivity index (χ1) is 15.1. The Hall–Kier alpha value is -4.13. The maximum absolute atomic E-state index is 12.2. The molecule has 0 N–H and O–H groups in total. The van der Waals surface area contributed by atoms with E-state index in [0.717, 1.165) is 5.39 Å². The Bertz CT molecular complexity index is 1200. The molecular weight excluding hydrogens is 398 g/mol. The van der Waals surface area contributed by atoms with Gasteiger partial charge >= 0.3 is 11.9 Å². The second-order valence-corrected chi connectivity index (χ2v) is 6.58. The van der Waals surface area contributed by atoms with Crippen molar-refractivity contribution in [1.82, 2.24) is 5.16 Å². The van der Waals surface area contributed by atoms with Gasteiger partial charge in [0.2, 0.25) is 0 Å². The van der Waals surface area contributed by atoms with Crippen molar-refractivity contribution in [3.63, 3.8) is 0 Å². The highest BCUT2D eigenvalue weighted by Crippen LogP contribution is 2.25. The first-order valence-electron chi connectivity index (χ1n) is 9.69. The van der Waals surface area contributed by atoms with Crippen molar-refractivity contribution in [2.75, 3.05) is 6.61 Å². The predicted octanol–water partition coefficient (Wildman–Crippen LogP) is 4.80. The minimum atomic E-state index is -0.450. The molecule has 1 aromatic heterocycles. The molecule has 0 atom stereocenters. The number of benzene rings is 3. The normalized spacial score (nSPS) is 10.6. The average molecular weight is 417 g/mol. The van der Waals surface area contributed by atoms with Gasteiger partial charge < -0.3 is 18.7 Å². The topological polar surface area (TPSA) is 87.9 Å². The van der Waals surface area contributed by atoms with Gasteiger partial charge in [-0.1, -0.05) is 23.4 Å². The fraction of sp³-hybridized carbons (Fsp3) is 0.125. The summed E-state index contributed by atoms with van der Waals surface area (Å²) in [7, 11) is 0. The van der Waals surface area contributed by atoms with Crippen LogP contribution in [0.4, 0.5) is 0 Å². The zero-order valence-corrected chi connectivity index (χ0v) is 16.7. The number of carbonyl (C=O) groups excluding carboxylic acids is 2. The summed E-state index contributed by atoms with van der Waals surface area (Å²) in [5.74, 6) is 0.117. The van der Waals surface area contributed by atoms with E-state index < -0.39 is 5.97 Å². The second kappa shape index (κ2) is 9.13. The molecule has 1 heterocycles. The van der Waals surface area contributed by atoms with E-state index >= 15 is 0 Å². The number of carbonyl (C=O) groups is 2. The van der Waals surface area contributed by atoms with E-state index in [0.29, 0.717) is 40.5 Å². The molecule has 0 aliphatic rings. The van der Waals surface area contributed by atoms with Crippen molar-refractivity contribution in [1.29, 1.82) is 0 Å². The first kappa shape index (κ1) is 20.2. The van der Waals surface area contributed by atoms with Crippen molar-refractivity contribution in [3.8, 4) is 11.5 Å². The number of nitrogens with zero attached hydrogens (tertiary/aromatic N) is 1. The molecule has 0 fully saturated rings. The third kappa shape index (κ3) is 4.72. The van der Waals surface area contributed by atoms with Crippen LogP contribution in [0.15, 0.2) is 77.3 Å². The van der Waals surface area contributed by atoms with E-state index in [-0.39, 0.29) is 12.6 Å². The molecule has 0 bridgehead atoms. The Morgan fingerprint density at radius 3 is 2.32 bits per heavy atom. The molecule has 0 aliphatic heterocycles. The van der Waals surface area contributed by atoms with Crippen LogP contribution in [-0.4, -0.2) is 23.7 Å². The lowest BCUT2D eigenvalue weighted by Crippen LogP contribution is -2.07. The van der Waals surface area contributed by atoms with Crippen LogP contribution in [-0.2, 0) is 11.3 Å². The van der Waals surface area contributed by atoms with Crippen LogP contribution in [0.3, 0.4) is 0 Å². The molecule has 4 rings (SSSR count). The number of ether oxygens (including phenoxy) is 3. The molecule has 0 saturated heterocycles. The summed E-state index contributed by atoms with van der Waals surface area (Å²) in [6, 6.07) is 20.5. The molecule has 3 aromatic carbocycles. The summed E-state index contributed by atoms with van der Waals surface area (Å²) in [4.78, 5) is 23.9. The standard InChI is InChI=1S/C24H19NO6/c1-2-28-23(26)17-8-10-18(11-9-17)29-15-21-20-13-12-19(14-22(20)31-25-21)30-24(27)16-6-4-3-5-7-16/h3-14H,2,15H2,1H3. The van der Waals surface area contributed by atoms with Gasteiger partial charge in [-0.15, -0.1) is 0 Å². The van der Waals surface area contributed by atoms with Gasteiger partial charge in [-0.2, -0.15) is 0 Å². The lowest BCUT2D eigenvalue weighted by Gasteiger charge is -2.06. The van der Waals surface area contributed by atoms with Gasteiger partial charge in [0.1, 0.15) is 23.8 Å². The molecule has 156 valence electrons. The zero-order chi connectivity index (χ0) is 21.6. The summed E-state index contributed by atoms with van der Waals surface area (Å²) in [6.07, 6.45) is 0. The largest absolute Gasteiger partial charge is 0.487 e. The molecule has 0 aliphatic carbocycles. The number of hydrogen-bond donors (Lipinski definition) is 0. The number of fused-ring (bicyclic) bond motifs is 1. The number of esters is 2. The Kier molecular flexibility index (Phi) is 5.93. The van der Waals surface area contributed by atoms with E-state index in [9.17, 15) is 9.59 Å². The van der Waals surface area contributed by atoms with Gasteiger partial charge in [0.15, 0.2) is 5.58 Å².